The molecule has 0 unspecified atom stereocenters. The van der Waals surface area contributed by atoms with Crippen LogP contribution in [0.2, 0.25) is 0 Å². The second-order valence-corrected chi connectivity index (χ2v) is 4.86. The van der Waals surface area contributed by atoms with E-state index < -0.39 is 5.91 Å². The highest BCUT2D eigenvalue weighted by molar-refractivity contribution is 5.84. The first kappa shape index (κ1) is 15.3. The maximum Gasteiger partial charge on any atom is 0.263 e. The summed E-state index contributed by atoms with van der Waals surface area (Å²) in [5.41, 5.74) is 3.67. The van der Waals surface area contributed by atoms with Crippen LogP contribution in [0.5, 0.6) is 5.75 Å². The number of aromatic nitrogens is 4. The molecular formula is C16H14N6O2. The number of nitrogens with zero attached hydrogens (tertiary/aromatic N) is 5. The van der Waals surface area contributed by atoms with Crippen molar-refractivity contribution in [2.45, 2.75) is 6.54 Å². The van der Waals surface area contributed by atoms with Crippen molar-refractivity contribution >= 4 is 12.1 Å². The number of nitrogens with one attached hydrogen (secondary N) is 1. The molecule has 0 saturated heterocycles. The number of hydrazone groups is 1. The van der Waals surface area contributed by atoms with Crippen molar-refractivity contribution < 1.29 is 9.90 Å². The van der Waals surface area contributed by atoms with Gasteiger partial charge in [0.1, 0.15) is 12.3 Å². The first-order chi connectivity index (χ1) is 11.7. The Balaban J connectivity index is 1.58. The summed E-state index contributed by atoms with van der Waals surface area (Å²) in [4.78, 5) is 13.0. The molecular weight excluding hydrogens is 308 g/mol. The number of carbonyl (C=O) groups is 1. The van der Waals surface area contributed by atoms with Gasteiger partial charge >= 0.3 is 0 Å². The van der Waals surface area contributed by atoms with E-state index in [-0.39, 0.29) is 12.3 Å². The topological polar surface area (TPSA) is 105 Å². The second-order valence-electron chi connectivity index (χ2n) is 4.86. The van der Waals surface area contributed by atoms with Crippen LogP contribution in [0.3, 0.4) is 0 Å². The van der Waals surface area contributed by atoms with E-state index in [9.17, 15) is 9.90 Å². The molecule has 2 N–H and O–H groups in total. The third kappa shape index (κ3) is 3.80. The maximum absolute atomic E-state index is 11.8. The van der Waals surface area contributed by atoms with E-state index in [1.807, 2.05) is 30.3 Å². The standard InChI is InChI=1S/C16H14N6O2/c23-14-9-5-4-8-13(14)10-17-18-15(24)11-22-20-16(19-21-22)12-6-2-1-3-7-12/h1-10,23H,11H2,(H,18,24)/b17-10-. The van der Waals surface area contributed by atoms with Crippen molar-refractivity contribution in [3.8, 4) is 17.1 Å². The largest absolute Gasteiger partial charge is 0.507 e. The number of phenols is 1. The lowest BCUT2D eigenvalue weighted by Crippen LogP contribution is -2.24. The summed E-state index contributed by atoms with van der Waals surface area (Å²) in [7, 11) is 0. The lowest BCUT2D eigenvalue weighted by atomic mass is 10.2. The Hall–Kier alpha value is -3.55. The van der Waals surface area contributed by atoms with Gasteiger partial charge in [-0.15, -0.1) is 10.2 Å². The first-order valence-electron chi connectivity index (χ1n) is 7.15. The zero-order valence-electron chi connectivity index (χ0n) is 12.6. The number of tetrazole rings is 1. The maximum atomic E-state index is 11.8. The van der Waals surface area contributed by atoms with Crippen molar-refractivity contribution in [3.05, 3.63) is 60.2 Å². The van der Waals surface area contributed by atoms with Crippen molar-refractivity contribution in [2.24, 2.45) is 5.10 Å². The normalized spacial score (nSPS) is 10.8. The predicted octanol–water partition coefficient (Wildman–Crippen LogP) is 1.20. The van der Waals surface area contributed by atoms with Crippen molar-refractivity contribution in [1.82, 2.24) is 25.6 Å². The first-order valence-corrected chi connectivity index (χ1v) is 7.15. The highest BCUT2D eigenvalue weighted by Gasteiger charge is 2.08. The van der Waals surface area contributed by atoms with Gasteiger partial charge in [0, 0.05) is 11.1 Å². The zero-order chi connectivity index (χ0) is 16.8. The number of amides is 1. The van der Waals surface area contributed by atoms with E-state index in [0.29, 0.717) is 11.4 Å². The van der Waals surface area contributed by atoms with Gasteiger partial charge in [0.2, 0.25) is 5.82 Å². The zero-order valence-corrected chi connectivity index (χ0v) is 12.6. The van der Waals surface area contributed by atoms with Crippen LogP contribution in [-0.2, 0) is 11.3 Å². The summed E-state index contributed by atoms with van der Waals surface area (Å²) in [6, 6.07) is 16.0. The van der Waals surface area contributed by atoms with Crippen LogP contribution in [0.25, 0.3) is 11.4 Å². The molecule has 24 heavy (non-hydrogen) atoms. The second kappa shape index (κ2) is 7.14. The van der Waals surface area contributed by atoms with Gasteiger partial charge in [0.15, 0.2) is 0 Å². The molecule has 8 nitrogen and oxygen atoms in total. The van der Waals surface area contributed by atoms with Crippen LogP contribution in [0, 0.1) is 0 Å². The lowest BCUT2D eigenvalue weighted by Gasteiger charge is -1.99. The summed E-state index contributed by atoms with van der Waals surface area (Å²) < 4.78 is 0. The number of hydrogen-bond donors (Lipinski definition) is 2. The molecule has 0 aliphatic heterocycles. The van der Waals surface area contributed by atoms with E-state index in [4.69, 9.17) is 0 Å². The van der Waals surface area contributed by atoms with E-state index in [1.165, 1.54) is 17.1 Å². The number of hydrogen-bond acceptors (Lipinski definition) is 6. The van der Waals surface area contributed by atoms with Crippen LogP contribution in [0.15, 0.2) is 59.7 Å². The van der Waals surface area contributed by atoms with Crippen LogP contribution < -0.4 is 5.43 Å². The molecule has 1 heterocycles. The molecule has 0 saturated carbocycles. The number of rotatable bonds is 5. The Kier molecular flexibility index (Phi) is 4.57. The molecule has 1 amide bonds. The molecule has 0 aliphatic carbocycles. The molecule has 0 atom stereocenters. The molecule has 0 radical (unpaired) electrons. The molecule has 2 aromatic carbocycles. The fourth-order valence-corrected chi connectivity index (χ4v) is 1.95. The number of benzene rings is 2. The molecule has 3 rings (SSSR count). The smallest absolute Gasteiger partial charge is 0.263 e. The summed E-state index contributed by atoms with van der Waals surface area (Å²) in [5.74, 6) is 0.126. The quantitative estimate of drug-likeness (QED) is 0.542. The summed E-state index contributed by atoms with van der Waals surface area (Å²) in [5, 5.41) is 25.3. The molecule has 8 heteroatoms. The van der Waals surface area contributed by atoms with Gasteiger partial charge in [-0.2, -0.15) is 9.90 Å². The Morgan fingerprint density at radius 1 is 1.17 bits per heavy atom. The Bertz CT molecular complexity index is 860. The fraction of sp³-hybridized carbons (Fsp3) is 0.0625. The number of aromatic hydroxyl groups is 1. The summed E-state index contributed by atoms with van der Waals surface area (Å²) in [6.45, 7) is -0.113. The van der Waals surface area contributed by atoms with Crippen LogP contribution in [-0.4, -0.2) is 37.4 Å². The number of phenolic OH excluding ortho intramolecular Hbond substituents is 1. The van der Waals surface area contributed by atoms with E-state index in [0.717, 1.165) is 5.56 Å². The third-order valence-corrected chi connectivity index (χ3v) is 3.10. The average Bonchev–Trinajstić information content (AvgIpc) is 3.06. The highest BCUT2D eigenvalue weighted by atomic mass is 16.3. The van der Waals surface area contributed by atoms with Crippen LogP contribution in [0.4, 0.5) is 0 Å². The highest BCUT2D eigenvalue weighted by Crippen LogP contribution is 2.12. The minimum Gasteiger partial charge on any atom is -0.507 e. The lowest BCUT2D eigenvalue weighted by molar-refractivity contribution is -0.122. The molecule has 0 bridgehead atoms. The van der Waals surface area contributed by atoms with Gasteiger partial charge in [-0.1, -0.05) is 42.5 Å². The minimum atomic E-state index is -0.404. The van der Waals surface area contributed by atoms with Crippen LogP contribution >= 0.6 is 0 Å². The molecule has 0 aliphatic rings. The van der Waals surface area contributed by atoms with Gasteiger partial charge in [0.05, 0.1) is 6.21 Å². The molecule has 120 valence electrons. The van der Waals surface area contributed by atoms with Gasteiger partial charge in [-0.05, 0) is 17.3 Å². The van der Waals surface area contributed by atoms with Gasteiger partial charge < -0.3 is 5.11 Å². The average molecular weight is 322 g/mol. The Morgan fingerprint density at radius 2 is 1.92 bits per heavy atom. The fourth-order valence-electron chi connectivity index (χ4n) is 1.95. The molecule has 0 spiro atoms. The summed E-state index contributed by atoms with van der Waals surface area (Å²) in [6.07, 6.45) is 1.36. The van der Waals surface area contributed by atoms with E-state index >= 15 is 0 Å². The molecule has 1 aromatic heterocycles. The summed E-state index contributed by atoms with van der Waals surface area (Å²) >= 11 is 0. The van der Waals surface area contributed by atoms with Crippen molar-refractivity contribution in [1.29, 1.82) is 0 Å². The Labute approximate surface area is 137 Å². The molecule has 3 aromatic rings. The number of para-hydroxylation sites is 1. The monoisotopic (exact) mass is 322 g/mol. The van der Waals surface area contributed by atoms with E-state index in [1.54, 1.807) is 18.2 Å². The number of carbonyl (C=O) groups excluding carboxylic acids is 1. The predicted molar refractivity (Wildman–Crippen MR) is 87.1 cm³/mol. The Morgan fingerprint density at radius 3 is 2.71 bits per heavy atom. The molecule has 0 fully saturated rings. The van der Waals surface area contributed by atoms with Gasteiger partial charge in [-0.25, -0.2) is 5.43 Å². The van der Waals surface area contributed by atoms with Gasteiger partial charge in [0.25, 0.3) is 5.91 Å². The van der Waals surface area contributed by atoms with Gasteiger partial charge in [-0.3, -0.25) is 4.79 Å². The van der Waals surface area contributed by atoms with Crippen molar-refractivity contribution in [3.63, 3.8) is 0 Å². The third-order valence-electron chi connectivity index (χ3n) is 3.10. The minimum absolute atomic E-state index is 0.0842. The van der Waals surface area contributed by atoms with E-state index in [2.05, 4.69) is 25.9 Å². The SMILES string of the molecule is O=C(Cn1nnc(-c2ccccc2)n1)N/N=C\c1ccccc1O. The van der Waals surface area contributed by atoms with Crippen molar-refractivity contribution in [2.75, 3.05) is 0 Å². The van der Waals surface area contributed by atoms with Crippen LogP contribution in [0.1, 0.15) is 5.56 Å².